The maximum Gasteiger partial charge on any atom is 0.160 e. The highest BCUT2D eigenvalue weighted by Gasteiger charge is 2.36. The lowest BCUT2D eigenvalue weighted by Crippen LogP contribution is -2.30. The topological polar surface area (TPSA) is 54.8 Å². The molecule has 0 saturated heterocycles. The number of rotatable bonds is 7. The summed E-state index contributed by atoms with van der Waals surface area (Å²) in [5.41, 5.74) is 14.8. The Bertz CT molecular complexity index is 2600. The molecule has 276 valence electrons. The molecular weight excluding hydrogens is 707 g/mol. The number of hydrogen-bond donors (Lipinski definition) is 0. The summed E-state index contributed by atoms with van der Waals surface area (Å²) in [7, 11) is 0. The number of nitrogens with zero attached hydrogens (tertiary/aromatic N) is 5. The molecule has 0 amide bonds. The van der Waals surface area contributed by atoms with Crippen molar-refractivity contribution in [2.75, 3.05) is 4.90 Å². The second kappa shape index (κ2) is 14.5. The van der Waals surface area contributed by atoms with Gasteiger partial charge in [-0.25, -0.2) is 19.9 Å². The van der Waals surface area contributed by atoms with Crippen molar-refractivity contribution in [1.82, 2.24) is 19.9 Å². The van der Waals surface area contributed by atoms with E-state index >= 15 is 0 Å². The maximum atomic E-state index is 5.30. The van der Waals surface area contributed by atoms with Crippen LogP contribution in [0.2, 0.25) is 0 Å². The molecule has 1 aliphatic heterocycles. The first-order chi connectivity index (χ1) is 28.5. The van der Waals surface area contributed by atoms with E-state index in [0.717, 1.165) is 73.2 Å². The summed E-state index contributed by atoms with van der Waals surface area (Å²) < 4.78 is 0. The number of aromatic nitrogens is 4. The Morgan fingerprint density at radius 2 is 0.655 bits per heavy atom. The van der Waals surface area contributed by atoms with Crippen LogP contribution in [0.4, 0.5) is 17.1 Å². The third kappa shape index (κ3) is 6.43. The SMILES string of the molecule is CC1(C)c2ccccc2N(c2cc(-c3cc(-c4ccccc4)nc(-c4ccccc4)n3)cc(-c3cc(-c4ccccc4)nc(-c4ccccc4)n3)c2)c2ccccc21. The van der Waals surface area contributed by atoms with E-state index in [1.807, 2.05) is 48.5 Å². The largest absolute Gasteiger partial charge is 0.310 e. The molecule has 0 bridgehead atoms. The fourth-order valence-electron chi connectivity index (χ4n) is 8.12. The average molecular weight is 746 g/mol. The Morgan fingerprint density at radius 1 is 0.328 bits per heavy atom. The van der Waals surface area contributed by atoms with Crippen molar-refractivity contribution in [3.63, 3.8) is 0 Å². The normalized spacial score (nSPS) is 12.8. The summed E-state index contributed by atoms with van der Waals surface area (Å²) in [5.74, 6) is 1.33. The van der Waals surface area contributed by atoms with Gasteiger partial charge in [-0.15, -0.1) is 0 Å². The maximum absolute atomic E-state index is 5.30. The molecular formula is C53H39N5. The van der Waals surface area contributed by atoms with Crippen LogP contribution in [-0.4, -0.2) is 19.9 Å². The minimum absolute atomic E-state index is 0.201. The molecule has 1 aliphatic rings. The monoisotopic (exact) mass is 745 g/mol. The summed E-state index contributed by atoms with van der Waals surface area (Å²) >= 11 is 0. The highest BCUT2D eigenvalue weighted by atomic mass is 15.2. The number of para-hydroxylation sites is 2. The van der Waals surface area contributed by atoms with Crippen molar-refractivity contribution in [3.8, 4) is 67.8 Å². The molecule has 0 fully saturated rings. The molecule has 9 aromatic rings. The van der Waals surface area contributed by atoms with Crippen molar-refractivity contribution in [3.05, 3.63) is 211 Å². The van der Waals surface area contributed by atoms with Gasteiger partial charge in [0.05, 0.1) is 34.2 Å². The lowest BCUT2D eigenvalue weighted by Gasteiger charge is -2.42. The van der Waals surface area contributed by atoms with Gasteiger partial charge in [0.25, 0.3) is 0 Å². The first kappa shape index (κ1) is 35.0. The Morgan fingerprint density at radius 3 is 1.05 bits per heavy atom. The number of hydrogen-bond acceptors (Lipinski definition) is 5. The Labute approximate surface area is 339 Å². The average Bonchev–Trinajstić information content (AvgIpc) is 3.30. The second-order valence-corrected chi connectivity index (χ2v) is 15.2. The zero-order chi connectivity index (χ0) is 39.1. The van der Waals surface area contributed by atoms with Gasteiger partial charge in [-0.2, -0.15) is 0 Å². The van der Waals surface area contributed by atoms with Gasteiger partial charge >= 0.3 is 0 Å². The summed E-state index contributed by atoms with van der Waals surface area (Å²) in [6.07, 6.45) is 0. The van der Waals surface area contributed by atoms with E-state index in [1.54, 1.807) is 0 Å². The first-order valence-corrected chi connectivity index (χ1v) is 19.6. The molecule has 0 unspecified atom stereocenters. The van der Waals surface area contributed by atoms with Gasteiger partial charge in [-0.05, 0) is 53.6 Å². The molecule has 2 aromatic heterocycles. The van der Waals surface area contributed by atoms with Crippen molar-refractivity contribution in [2.24, 2.45) is 0 Å². The number of benzene rings is 7. The Kier molecular flexibility index (Phi) is 8.76. The van der Waals surface area contributed by atoms with Crippen LogP contribution in [0.1, 0.15) is 25.0 Å². The first-order valence-electron chi connectivity index (χ1n) is 19.6. The van der Waals surface area contributed by atoms with E-state index in [-0.39, 0.29) is 5.41 Å². The van der Waals surface area contributed by atoms with Gasteiger partial charge in [0.15, 0.2) is 11.6 Å². The molecule has 7 aromatic carbocycles. The zero-order valence-corrected chi connectivity index (χ0v) is 32.3. The van der Waals surface area contributed by atoms with Gasteiger partial charge in [0.1, 0.15) is 0 Å². The van der Waals surface area contributed by atoms with Crippen LogP contribution >= 0.6 is 0 Å². The molecule has 0 radical (unpaired) electrons. The highest BCUT2D eigenvalue weighted by molar-refractivity contribution is 5.90. The minimum atomic E-state index is -0.201. The molecule has 5 heteroatoms. The Hall–Kier alpha value is -7.50. The fourth-order valence-corrected chi connectivity index (χ4v) is 8.12. The summed E-state index contributed by atoms with van der Waals surface area (Å²) in [5, 5.41) is 0. The van der Waals surface area contributed by atoms with Gasteiger partial charge in [0, 0.05) is 44.5 Å². The van der Waals surface area contributed by atoms with E-state index in [2.05, 4.69) is 170 Å². The summed E-state index contributed by atoms with van der Waals surface area (Å²) in [6, 6.07) is 69.6. The van der Waals surface area contributed by atoms with E-state index in [1.165, 1.54) is 11.1 Å². The second-order valence-electron chi connectivity index (χ2n) is 15.2. The molecule has 0 saturated carbocycles. The third-order valence-electron chi connectivity index (χ3n) is 11.1. The molecule has 0 N–H and O–H groups in total. The van der Waals surface area contributed by atoms with E-state index in [4.69, 9.17) is 19.9 Å². The highest BCUT2D eigenvalue weighted by Crippen LogP contribution is 2.52. The van der Waals surface area contributed by atoms with E-state index in [0.29, 0.717) is 11.6 Å². The van der Waals surface area contributed by atoms with Gasteiger partial charge in [-0.1, -0.05) is 172 Å². The fraction of sp³-hybridized carbons (Fsp3) is 0.0566. The standard InChI is InChI=1S/C53H39N5/c1-53(2)43-27-15-17-29-49(43)58(50-30-18-16-28-44(50)53)42-32-40(47-34-45(36-19-7-3-8-20-36)54-51(56-47)38-23-11-5-12-24-38)31-41(33-42)48-35-46(37-21-9-4-10-22-37)55-52(57-48)39-25-13-6-14-26-39/h3-35H,1-2H3. The van der Waals surface area contributed by atoms with Crippen LogP contribution in [0.15, 0.2) is 200 Å². The predicted molar refractivity (Wildman–Crippen MR) is 237 cm³/mol. The lowest BCUT2D eigenvalue weighted by molar-refractivity contribution is 0.632. The molecule has 0 atom stereocenters. The lowest BCUT2D eigenvalue weighted by atomic mass is 9.73. The summed E-state index contributed by atoms with van der Waals surface area (Å²) in [4.78, 5) is 23.2. The van der Waals surface area contributed by atoms with E-state index < -0.39 is 0 Å². The molecule has 10 rings (SSSR count). The van der Waals surface area contributed by atoms with Crippen LogP contribution in [0.25, 0.3) is 67.8 Å². The smallest absolute Gasteiger partial charge is 0.160 e. The predicted octanol–water partition coefficient (Wildman–Crippen LogP) is 13.4. The van der Waals surface area contributed by atoms with Crippen LogP contribution in [-0.2, 0) is 5.41 Å². The number of anilines is 3. The van der Waals surface area contributed by atoms with Crippen LogP contribution in [0.5, 0.6) is 0 Å². The number of fused-ring (bicyclic) bond motifs is 2. The van der Waals surface area contributed by atoms with Crippen LogP contribution in [0.3, 0.4) is 0 Å². The van der Waals surface area contributed by atoms with Crippen molar-refractivity contribution >= 4 is 17.1 Å². The summed E-state index contributed by atoms with van der Waals surface area (Å²) in [6.45, 7) is 4.64. The van der Waals surface area contributed by atoms with Crippen LogP contribution in [0, 0.1) is 0 Å². The van der Waals surface area contributed by atoms with Gasteiger partial charge in [0.2, 0.25) is 0 Å². The molecule has 0 aliphatic carbocycles. The minimum Gasteiger partial charge on any atom is -0.310 e. The van der Waals surface area contributed by atoms with Crippen molar-refractivity contribution in [2.45, 2.75) is 19.3 Å². The van der Waals surface area contributed by atoms with Crippen molar-refractivity contribution in [1.29, 1.82) is 0 Å². The van der Waals surface area contributed by atoms with E-state index in [9.17, 15) is 0 Å². The Balaban J connectivity index is 1.26. The molecule has 58 heavy (non-hydrogen) atoms. The molecule has 5 nitrogen and oxygen atoms in total. The quantitative estimate of drug-likeness (QED) is 0.163. The van der Waals surface area contributed by atoms with Gasteiger partial charge < -0.3 is 4.90 Å². The zero-order valence-electron chi connectivity index (χ0n) is 32.3. The molecule has 0 spiro atoms. The van der Waals surface area contributed by atoms with Gasteiger partial charge in [-0.3, -0.25) is 0 Å². The van der Waals surface area contributed by atoms with Crippen molar-refractivity contribution < 1.29 is 0 Å². The van der Waals surface area contributed by atoms with Crippen LogP contribution < -0.4 is 4.90 Å². The third-order valence-corrected chi connectivity index (χ3v) is 11.1. The molecule has 3 heterocycles.